The lowest BCUT2D eigenvalue weighted by Gasteiger charge is -2.14. The predicted molar refractivity (Wildman–Crippen MR) is 87.9 cm³/mol. The molecule has 5 heteroatoms. The van der Waals surface area contributed by atoms with Crippen LogP contribution in [0.5, 0.6) is 0 Å². The van der Waals surface area contributed by atoms with Gasteiger partial charge in [0.1, 0.15) is 5.69 Å². The van der Waals surface area contributed by atoms with E-state index in [1.54, 1.807) is 7.11 Å². The molecule has 112 valence electrons. The minimum Gasteiger partial charge on any atom is -0.383 e. The average molecular weight is 351 g/mol. The van der Waals surface area contributed by atoms with Gasteiger partial charge in [0.15, 0.2) is 0 Å². The van der Waals surface area contributed by atoms with Crippen molar-refractivity contribution in [3.63, 3.8) is 0 Å². The number of methoxy groups -OCH3 is 1. The van der Waals surface area contributed by atoms with Gasteiger partial charge >= 0.3 is 0 Å². The molecule has 0 aliphatic rings. The molecule has 1 aromatic carbocycles. The fourth-order valence-electron chi connectivity index (χ4n) is 2.29. The first-order valence-electron chi connectivity index (χ1n) is 6.75. The average Bonchev–Trinajstić information content (AvgIpc) is 2.88. The largest absolute Gasteiger partial charge is 0.383 e. The summed E-state index contributed by atoms with van der Waals surface area (Å²) in [6.07, 6.45) is 1.88. The van der Waals surface area contributed by atoms with Gasteiger partial charge in [-0.3, -0.25) is 4.79 Å². The van der Waals surface area contributed by atoms with Gasteiger partial charge in [0, 0.05) is 30.0 Å². The van der Waals surface area contributed by atoms with E-state index in [4.69, 9.17) is 4.74 Å². The number of carbonyl (C=O) groups excluding carboxylic acids is 1. The molecule has 0 spiro atoms. The molecule has 21 heavy (non-hydrogen) atoms. The molecule has 0 aliphatic heterocycles. The van der Waals surface area contributed by atoms with E-state index >= 15 is 0 Å². The molecule has 0 aliphatic carbocycles. The Morgan fingerprint density at radius 1 is 1.33 bits per heavy atom. The maximum atomic E-state index is 12.5. The van der Waals surface area contributed by atoms with Crippen LogP contribution in [-0.2, 0) is 11.3 Å². The molecule has 1 aromatic heterocycles. The van der Waals surface area contributed by atoms with E-state index in [0.29, 0.717) is 18.8 Å². The number of hydrogen-bond acceptors (Lipinski definition) is 2. The Bertz CT molecular complexity index is 626. The zero-order valence-corrected chi connectivity index (χ0v) is 14.0. The normalized spacial score (nSPS) is 10.7. The van der Waals surface area contributed by atoms with E-state index in [1.807, 2.05) is 48.9 Å². The van der Waals surface area contributed by atoms with Crippen molar-refractivity contribution in [1.82, 2.24) is 4.57 Å². The number of carbonyl (C=O) groups is 1. The van der Waals surface area contributed by atoms with Crippen molar-refractivity contribution in [3.8, 4) is 0 Å². The van der Waals surface area contributed by atoms with Crippen molar-refractivity contribution < 1.29 is 9.53 Å². The lowest BCUT2D eigenvalue weighted by atomic mass is 10.1. The summed E-state index contributed by atoms with van der Waals surface area (Å²) in [5.41, 5.74) is 3.56. The van der Waals surface area contributed by atoms with E-state index in [9.17, 15) is 4.79 Å². The van der Waals surface area contributed by atoms with Crippen molar-refractivity contribution in [2.24, 2.45) is 0 Å². The van der Waals surface area contributed by atoms with E-state index in [-0.39, 0.29) is 5.91 Å². The highest BCUT2D eigenvalue weighted by Crippen LogP contribution is 2.25. The van der Waals surface area contributed by atoms with Crippen LogP contribution in [0.2, 0.25) is 0 Å². The first-order valence-corrected chi connectivity index (χ1v) is 7.54. The number of halogens is 1. The Labute approximate surface area is 133 Å². The number of aryl methyl sites for hydroxylation is 2. The van der Waals surface area contributed by atoms with Crippen molar-refractivity contribution in [2.75, 3.05) is 19.0 Å². The molecule has 2 aromatic rings. The summed E-state index contributed by atoms with van der Waals surface area (Å²) in [5, 5.41) is 3.00. The molecule has 0 unspecified atom stereocenters. The van der Waals surface area contributed by atoms with Crippen LogP contribution >= 0.6 is 15.9 Å². The maximum absolute atomic E-state index is 12.5. The van der Waals surface area contributed by atoms with Gasteiger partial charge < -0.3 is 14.6 Å². The predicted octanol–water partition coefficient (Wildman–Crippen LogP) is 3.77. The Morgan fingerprint density at radius 3 is 2.62 bits per heavy atom. The molecule has 0 atom stereocenters. The SMILES string of the molecule is COCCn1cccc1C(=O)Nc1c(C)cc(Br)cc1C. The lowest BCUT2D eigenvalue weighted by Crippen LogP contribution is -2.19. The van der Waals surface area contributed by atoms with Crippen molar-refractivity contribution in [1.29, 1.82) is 0 Å². The van der Waals surface area contributed by atoms with E-state index in [2.05, 4.69) is 21.2 Å². The van der Waals surface area contributed by atoms with E-state index in [1.165, 1.54) is 0 Å². The number of amides is 1. The van der Waals surface area contributed by atoms with Crippen LogP contribution in [0, 0.1) is 13.8 Å². The lowest BCUT2D eigenvalue weighted by molar-refractivity contribution is 0.101. The highest BCUT2D eigenvalue weighted by Gasteiger charge is 2.13. The summed E-state index contributed by atoms with van der Waals surface area (Å²) >= 11 is 3.46. The van der Waals surface area contributed by atoms with E-state index < -0.39 is 0 Å². The molecular formula is C16H19BrN2O2. The number of aromatic nitrogens is 1. The van der Waals surface area contributed by atoms with Crippen LogP contribution in [0.4, 0.5) is 5.69 Å². The van der Waals surface area contributed by atoms with Gasteiger partial charge in [-0.15, -0.1) is 0 Å². The first-order chi connectivity index (χ1) is 10.0. The fourth-order valence-corrected chi connectivity index (χ4v) is 2.98. The number of nitrogens with one attached hydrogen (secondary N) is 1. The molecule has 2 rings (SSSR count). The van der Waals surface area contributed by atoms with Gasteiger partial charge in [0.2, 0.25) is 0 Å². The van der Waals surface area contributed by atoms with Gasteiger partial charge in [-0.25, -0.2) is 0 Å². The van der Waals surface area contributed by atoms with Gasteiger partial charge in [0.25, 0.3) is 5.91 Å². The number of benzene rings is 1. The zero-order chi connectivity index (χ0) is 15.4. The van der Waals surface area contributed by atoms with Crippen molar-refractivity contribution in [2.45, 2.75) is 20.4 Å². The molecule has 0 saturated heterocycles. The maximum Gasteiger partial charge on any atom is 0.272 e. The minimum absolute atomic E-state index is 0.107. The van der Waals surface area contributed by atoms with Crippen LogP contribution in [0.25, 0.3) is 0 Å². The smallest absolute Gasteiger partial charge is 0.272 e. The third-order valence-electron chi connectivity index (χ3n) is 3.33. The molecule has 1 heterocycles. The quantitative estimate of drug-likeness (QED) is 0.891. The van der Waals surface area contributed by atoms with Gasteiger partial charge in [-0.2, -0.15) is 0 Å². The van der Waals surface area contributed by atoms with E-state index in [0.717, 1.165) is 21.3 Å². The number of hydrogen-bond donors (Lipinski definition) is 1. The van der Waals surface area contributed by atoms with Crippen LogP contribution < -0.4 is 5.32 Å². The summed E-state index contributed by atoms with van der Waals surface area (Å²) in [6.45, 7) is 5.20. The third-order valence-corrected chi connectivity index (χ3v) is 3.79. The third kappa shape index (κ3) is 3.74. The standard InChI is InChI=1S/C16H19BrN2O2/c1-11-9-13(17)10-12(2)15(11)18-16(20)14-5-4-6-19(14)7-8-21-3/h4-6,9-10H,7-8H2,1-3H3,(H,18,20). The molecule has 1 N–H and O–H groups in total. The number of nitrogens with zero attached hydrogens (tertiary/aromatic N) is 1. The monoisotopic (exact) mass is 350 g/mol. The van der Waals surface area contributed by atoms with Crippen molar-refractivity contribution in [3.05, 3.63) is 51.8 Å². The van der Waals surface area contributed by atoms with Gasteiger partial charge in [-0.1, -0.05) is 15.9 Å². The summed E-state index contributed by atoms with van der Waals surface area (Å²) in [4.78, 5) is 12.5. The topological polar surface area (TPSA) is 43.3 Å². The number of ether oxygens (including phenoxy) is 1. The number of rotatable bonds is 5. The Kier molecular flexibility index (Phi) is 5.20. The summed E-state index contributed by atoms with van der Waals surface area (Å²) in [7, 11) is 1.65. The molecule has 1 amide bonds. The molecule has 0 saturated carbocycles. The second kappa shape index (κ2) is 6.91. The molecule has 0 fully saturated rings. The minimum atomic E-state index is -0.107. The highest BCUT2D eigenvalue weighted by atomic mass is 79.9. The number of anilines is 1. The zero-order valence-electron chi connectivity index (χ0n) is 12.4. The van der Waals surface area contributed by atoms with Crippen LogP contribution in [0.1, 0.15) is 21.6 Å². The van der Waals surface area contributed by atoms with Crippen molar-refractivity contribution >= 4 is 27.5 Å². The summed E-state index contributed by atoms with van der Waals surface area (Å²) < 4.78 is 7.97. The van der Waals surface area contributed by atoms with Crippen LogP contribution in [0.3, 0.4) is 0 Å². The molecule has 0 bridgehead atoms. The second-order valence-electron chi connectivity index (χ2n) is 4.95. The molecule has 4 nitrogen and oxygen atoms in total. The first kappa shape index (κ1) is 15.8. The van der Waals surface area contributed by atoms with Gasteiger partial charge in [0.05, 0.1) is 6.61 Å². The Hall–Kier alpha value is -1.59. The Balaban J connectivity index is 2.21. The summed E-state index contributed by atoms with van der Waals surface area (Å²) in [5.74, 6) is -0.107. The molecule has 0 radical (unpaired) electrons. The highest BCUT2D eigenvalue weighted by molar-refractivity contribution is 9.10. The summed E-state index contributed by atoms with van der Waals surface area (Å²) in [6, 6.07) is 7.67. The van der Waals surface area contributed by atoms with Gasteiger partial charge in [-0.05, 0) is 49.2 Å². The second-order valence-corrected chi connectivity index (χ2v) is 5.86. The fraction of sp³-hybridized carbons (Fsp3) is 0.312. The van der Waals surface area contributed by atoms with Crippen LogP contribution in [-0.4, -0.2) is 24.2 Å². The Morgan fingerprint density at radius 2 is 2.00 bits per heavy atom. The molecular weight excluding hydrogens is 332 g/mol. The van der Waals surface area contributed by atoms with Crippen LogP contribution in [0.15, 0.2) is 34.9 Å².